The van der Waals surface area contributed by atoms with E-state index in [-0.39, 0.29) is 12.3 Å². The van der Waals surface area contributed by atoms with Gasteiger partial charge in [-0.3, -0.25) is 9.36 Å². The number of esters is 1. The monoisotopic (exact) mass is 531 g/mol. The van der Waals surface area contributed by atoms with Gasteiger partial charge in [0.1, 0.15) is 18.1 Å². The van der Waals surface area contributed by atoms with E-state index in [0.29, 0.717) is 37.6 Å². The Kier molecular flexibility index (Phi) is 7.03. The molecule has 0 aliphatic carbocycles. The molecule has 2 aromatic carbocycles. The second-order valence-electron chi connectivity index (χ2n) is 7.99. The second kappa shape index (κ2) is 10.1. The molecule has 0 radical (unpaired) electrons. The predicted molar refractivity (Wildman–Crippen MR) is 132 cm³/mol. The average molecular weight is 532 g/mol. The lowest BCUT2D eigenvalue weighted by molar-refractivity contribution is -0.144. The van der Waals surface area contributed by atoms with Crippen molar-refractivity contribution in [3.8, 4) is 22.7 Å². The maximum atomic E-state index is 13.2. The van der Waals surface area contributed by atoms with E-state index in [0.717, 1.165) is 17.3 Å². The number of hydrogen-bond donors (Lipinski definition) is 0. The molecule has 2 heterocycles. The minimum atomic E-state index is -4.85. The topological polar surface area (TPSA) is 92.4 Å². The molecule has 0 aliphatic heterocycles. The summed E-state index contributed by atoms with van der Waals surface area (Å²) >= 11 is 1.18. The molecule has 0 saturated heterocycles. The molecular weight excluding hydrogens is 511 g/mol. The minimum Gasteiger partial charge on any atom is -0.489 e. The SMILES string of the molecule is COC(=O)/C=C/COc1ccc(C)cc1-c1nsc2ccc(-n3c(=O)cc(C(F)(F)F)n(C)c3=O)cc12. The van der Waals surface area contributed by atoms with E-state index in [1.807, 2.05) is 19.1 Å². The van der Waals surface area contributed by atoms with Gasteiger partial charge < -0.3 is 9.47 Å². The van der Waals surface area contributed by atoms with Crippen molar-refractivity contribution in [2.24, 2.45) is 7.05 Å². The van der Waals surface area contributed by atoms with Crippen molar-refractivity contribution in [1.29, 1.82) is 0 Å². The summed E-state index contributed by atoms with van der Waals surface area (Å²) in [5, 5.41) is 0.580. The summed E-state index contributed by atoms with van der Waals surface area (Å²) in [7, 11) is 2.23. The zero-order valence-electron chi connectivity index (χ0n) is 19.8. The Bertz CT molecular complexity index is 1650. The van der Waals surface area contributed by atoms with Gasteiger partial charge in [-0.15, -0.1) is 0 Å². The summed E-state index contributed by atoms with van der Waals surface area (Å²) in [5.74, 6) is -0.0456. The molecule has 37 heavy (non-hydrogen) atoms. The van der Waals surface area contributed by atoms with Gasteiger partial charge in [-0.05, 0) is 54.9 Å². The van der Waals surface area contributed by atoms with Crippen molar-refractivity contribution >= 4 is 27.6 Å². The molecule has 192 valence electrons. The molecule has 0 unspecified atom stereocenters. The Morgan fingerprint density at radius 1 is 1.14 bits per heavy atom. The molecule has 0 atom stereocenters. The second-order valence-corrected chi connectivity index (χ2v) is 8.80. The average Bonchev–Trinajstić information content (AvgIpc) is 3.27. The van der Waals surface area contributed by atoms with Crippen LogP contribution in [0.4, 0.5) is 13.2 Å². The van der Waals surface area contributed by atoms with Gasteiger partial charge in [0.15, 0.2) is 0 Å². The fraction of sp³-hybridized carbons (Fsp3) is 0.200. The van der Waals surface area contributed by atoms with Crippen LogP contribution in [0, 0.1) is 6.92 Å². The van der Waals surface area contributed by atoms with E-state index in [2.05, 4.69) is 9.11 Å². The highest BCUT2D eigenvalue weighted by Gasteiger charge is 2.35. The summed E-state index contributed by atoms with van der Waals surface area (Å²) in [6.07, 6.45) is -2.12. The first kappa shape index (κ1) is 25.9. The van der Waals surface area contributed by atoms with Crippen LogP contribution in [0.15, 0.2) is 64.2 Å². The first-order valence-electron chi connectivity index (χ1n) is 10.8. The van der Waals surface area contributed by atoms with Crippen LogP contribution in [-0.2, 0) is 22.8 Å². The number of fused-ring (bicyclic) bond motifs is 1. The number of carbonyl (C=O) groups is 1. The van der Waals surface area contributed by atoms with E-state index < -0.39 is 29.1 Å². The van der Waals surface area contributed by atoms with E-state index in [1.165, 1.54) is 42.9 Å². The predicted octanol–water partition coefficient (Wildman–Crippen LogP) is 4.25. The maximum Gasteiger partial charge on any atom is 0.431 e. The highest BCUT2D eigenvalue weighted by molar-refractivity contribution is 7.13. The lowest BCUT2D eigenvalue weighted by Crippen LogP contribution is -2.40. The van der Waals surface area contributed by atoms with E-state index in [1.54, 1.807) is 12.1 Å². The van der Waals surface area contributed by atoms with Gasteiger partial charge in [0.25, 0.3) is 5.56 Å². The van der Waals surface area contributed by atoms with Crippen molar-refractivity contribution in [2.45, 2.75) is 13.1 Å². The van der Waals surface area contributed by atoms with Gasteiger partial charge in [0.2, 0.25) is 0 Å². The molecule has 4 aromatic rings. The molecule has 2 aromatic heterocycles. The van der Waals surface area contributed by atoms with E-state index in [4.69, 9.17) is 4.74 Å². The van der Waals surface area contributed by atoms with Crippen molar-refractivity contribution in [3.05, 3.63) is 86.7 Å². The van der Waals surface area contributed by atoms with Gasteiger partial charge >= 0.3 is 17.8 Å². The van der Waals surface area contributed by atoms with Gasteiger partial charge in [-0.2, -0.15) is 17.5 Å². The molecule has 0 aliphatic rings. The smallest absolute Gasteiger partial charge is 0.431 e. The van der Waals surface area contributed by atoms with Crippen molar-refractivity contribution < 1.29 is 27.4 Å². The third-order valence-corrected chi connectivity index (χ3v) is 6.33. The fourth-order valence-electron chi connectivity index (χ4n) is 3.70. The van der Waals surface area contributed by atoms with Gasteiger partial charge in [-0.25, -0.2) is 14.2 Å². The molecule has 8 nitrogen and oxygen atoms in total. The standard InChI is InChI=1S/C25H20F3N3O5S/c1-14-6-8-18(36-10-4-5-22(33)35-3)16(11-14)23-17-12-15(7-9-19(17)37-29-23)31-21(32)13-20(25(26,27)28)30(2)24(31)34/h4-9,11-13H,10H2,1-3H3/b5-4+. The van der Waals surface area contributed by atoms with Crippen LogP contribution in [0.25, 0.3) is 27.0 Å². The molecular formula is C25H20F3N3O5S. The van der Waals surface area contributed by atoms with Crippen LogP contribution in [0.2, 0.25) is 0 Å². The largest absolute Gasteiger partial charge is 0.489 e. The van der Waals surface area contributed by atoms with Crippen molar-refractivity contribution in [2.75, 3.05) is 13.7 Å². The Morgan fingerprint density at radius 3 is 2.59 bits per heavy atom. The number of nitrogens with zero attached hydrogens (tertiary/aromatic N) is 3. The molecule has 0 bridgehead atoms. The molecule has 0 fully saturated rings. The molecule has 4 rings (SSSR count). The van der Waals surface area contributed by atoms with Crippen LogP contribution in [0.5, 0.6) is 5.75 Å². The van der Waals surface area contributed by atoms with Crippen molar-refractivity contribution in [1.82, 2.24) is 13.5 Å². The van der Waals surface area contributed by atoms with Gasteiger partial charge in [0.05, 0.1) is 23.2 Å². The normalized spacial score (nSPS) is 11.8. The van der Waals surface area contributed by atoms with E-state index >= 15 is 0 Å². The zero-order chi connectivity index (χ0) is 26.9. The quantitative estimate of drug-likeness (QED) is 0.273. The summed E-state index contributed by atoms with van der Waals surface area (Å²) < 4.78 is 56.4. The number of methoxy groups -OCH3 is 1. The number of ether oxygens (including phenoxy) is 2. The molecule has 0 saturated carbocycles. The fourth-order valence-corrected chi connectivity index (χ4v) is 4.47. The van der Waals surface area contributed by atoms with Crippen molar-refractivity contribution in [3.63, 3.8) is 0 Å². The molecule has 0 N–H and O–H groups in total. The number of carbonyl (C=O) groups excluding carboxylic acids is 1. The van der Waals surface area contributed by atoms with Crippen LogP contribution in [-0.4, -0.2) is 33.2 Å². The highest BCUT2D eigenvalue weighted by atomic mass is 32.1. The number of rotatable bonds is 6. The zero-order valence-corrected chi connectivity index (χ0v) is 20.6. The van der Waals surface area contributed by atoms with E-state index in [9.17, 15) is 27.6 Å². The first-order valence-corrected chi connectivity index (χ1v) is 11.6. The lowest BCUT2D eigenvalue weighted by Gasteiger charge is -2.14. The molecule has 0 amide bonds. The number of aryl methyl sites for hydroxylation is 1. The summed E-state index contributed by atoms with van der Waals surface area (Å²) in [5.41, 5.74) is -1.41. The Morgan fingerprint density at radius 2 is 1.89 bits per heavy atom. The summed E-state index contributed by atoms with van der Waals surface area (Å²) in [6.45, 7) is 1.96. The highest BCUT2D eigenvalue weighted by Crippen LogP contribution is 2.37. The minimum absolute atomic E-state index is 0.0788. The van der Waals surface area contributed by atoms with Gasteiger partial charge in [-0.1, -0.05) is 11.6 Å². The van der Waals surface area contributed by atoms with Crippen LogP contribution < -0.4 is 16.0 Å². The molecule has 12 heteroatoms. The lowest BCUT2D eigenvalue weighted by atomic mass is 10.0. The Balaban J connectivity index is 1.81. The van der Waals surface area contributed by atoms with Crippen LogP contribution in [0.3, 0.4) is 0 Å². The number of benzene rings is 2. The Hall–Kier alpha value is -4.19. The number of alkyl halides is 3. The summed E-state index contributed by atoms with van der Waals surface area (Å²) in [6, 6.07) is 10.5. The first-order chi connectivity index (χ1) is 17.5. The summed E-state index contributed by atoms with van der Waals surface area (Å²) in [4.78, 5) is 36.6. The number of hydrogen-bond acceptors (Lipinski definition) is 7. The van der Waals surface area contributed by atoms with Crippen LogP contribution >= 0.6 is 11.5 Å². The third-order valence-electron chi connectivity index (χ3n) is 5.50. The molecule has 0 spiro atoms. The number of halogens is 3. The number of aromatic nitrogens is 3. The third kappa shape index (κ3) is 5.19. The Labute approximate surface area is 212 Å². The van der Waals surface area contributed by atoms with Crippen LogP contribution in [0.1, 0.15) is 11.3 Å². The van der Waals surface area contributed by atoms with Gasteiger partial charge in [0, 0.05) is 30.1 Å². The maximum absolute atomic E-state index is 13.2.